The first-order valence-corrected chi connectivity index (χ1v) is 12.4. The summed E-state index contributed by atoms with van der Waals surface area (Å²) in [5.74, 6) is -2.03. The highest BCUT2D eigenvalue weighted by molar-refractivity contribution is 7.90. The van der Waals surface area contributed by atoms with Gasteiger partial charge in [0, 0.05) is 12.0 Å². The minimum atomic E-state index is -4.40. The number of phosphoric ester groups is 1. The third kappa shape index (κ3) is 4.71. The van der Waals surface area contributed by atoms with E-state index in [2.05, 4.69) is 10.1 Å². The lowest BCUT2D eigenvalue weighted by Gasteiger charge is -2.39. The van der Waals surface area contributed by atoms with E-state index in [0.29, 0.717) is 4.31 Å². The van der Waals surface area contributed by atoms with E-state index in [1.165, 1.54) is 31.4 Å². The van der Waals surface area contributed by atoms with Crippen LogP contribution in [0.25, 0.3) is 0 Å². The molecule has 2 atom stereocenters. The highest BCUT2D eigenvalue weighted by Gasteiger charge is 2.50. The smallest absolute Gasteiger partial charge is 0.469 e. The SMILES string of the molecule is COC(=O)CCNC(=O)[C@@H]1O[P@@](=O)(OCN2C(=O)c3ccccc3S2(=O)=O)OCC1(C)C. The van der Waals surface area contributed by atoms with Gasteiger partial charge in [0.15, 0.2) is 6.10 Å². The first kappa shape index (κ1) is 24.3. The van der Waals surface area contributed by atoms with Gasteiger partial charge in [0.05, 0.1) is 25.7 Å². The number of carbonyl (C=O) groups is 3. The molecular formula is C18H23N2O10PS. The Morgan fingerprint density at radius 2 is 2.00 bits per heavy atom. The number of esters is 1. The van der Waals surface area contributed by atoms with Gasteiger partial charge in [-0.3, -0.25) is 28.0 Å². The van der Waals surface area contributed by atoms with Gasteiger partial charge in [0.1, 0.15) is 11.6 Å². The van der Waals surface area contributed by atoms with Crippen LogP contribution in [0.15, 0.2) is 29.2 Å². The maximum absolute atomic E-state index is 13.0. The Morgan fingerprint density at radius 1 is 1.31 bits per heavy atom. The maximum Gasteiger partial charge on any atom is 0.477 e. The summed E-state index contributed by atoms with van der Waals surface area (Å²) in [5.41, 5.74) is -0.956. The molecule has 176 valence electrons. The fraction of sp³-hybridized carbons (Fsp3) is 0.500. The molecule has 0 unspecified atom stereocenters. The lowest BCUT2D eigenvalue weighted by molar-refractivity contribution is -0.143. The topological polar surface area (TPSA) is 155 Å². The zero-order chi connectivity index (χ0) is 23.7. The zero-order valence-electron chi connectivity index (χ0n) is 17.6. The predicted octanol–water partition coefficient (Wildman–Crippen LogP) is 1.03. The van der Waals surface area contributed by atoms with Crippen LogP contribution in [0.1, 0.15) is 30.6 Å². The van der Waals surface area contributed by atoms with Crippen molar-refractivity contribution >= 4 is 35.6 Å². The second kappa shape index (κ2) is 8.91. The minimum absolute atomic E-state index is 0.0355. The van der Waals surface area contributed by atoms with Gasteiger partial charge >= 0.3 is 13.8 Å². The second-order valence-electron chi connectivity index (χ2n) is 7.72. The number of hydrogen-bond donors (Lipinski definition) is 1. The number of nitrogens with zero attached hydrogens (tertiary/aromatic N) is 1. The van der Waals surface area contributed by atoms with Crippen molar-refractivity contribution in [2.24, 2.45) is 5.41 Å². The van der Waals surface area contributed by atoms with Gasteiger partial charge in [-0.2, -0.15) is 0 Å². The normalized spacial score (nSPS) is 25.8. The van der Waals surface area contributed by atoms with Crippen LogP contribution >= 0.6 is 7.82 Å². The molecule has 3 rings (SSSR count). The van der Waals surface area contributed by atoms with Gasteiger partial charge in [-0.15, -0.1) is 0 Å². The largest absolute Gasteiger partial charge is 0.477 e. The molecule has 2 aliphatic heterocycles. The van der Waals surface area contributed by atoms with E-state index in [9.17, 15) is 27.4 Å². The lowest BCUT2D eigenvalue weighted by atomic mass is 9.87. The summed E-state index contributed by atoms with van der Waals surface area (Å²) in [5, 5.41) is 2.48. The van der Waals surface area contributed by atoms with Crippen LogP contribution in [0, 0.1) is 5.41 Å². The summed E-state index contributed by atoms with van der Waals surface area (Å²) < 4.78 is 58.7. The van der Waals surface area contributed by atoms with Crippen molar-refractivity contribution in [3.05, 3.63) is 29.8 Å². The molecule has 0 aromatic heterocycles. The third-order valence-corrected chi connectivity index (χ3v) is 7.99. The summed E-state index contributed by atoms with van der Waals surface area (Å²) in [6.45, 7) is 2.09. The molecule has 0 radical (unpaired) electrons. The molecule has 32 heavy (non-hydrogen) atoms. The highest BCUT2D eigenvalue weighted by Crippen LogP contribution is 2.57. The number of methoxy groups -OCH3 is 1. The van der Waals surface area contributed by atoms with Crippen molar-refractivity contribution in [3.8, 4) is 0 Å². The maximum atomic E-state index is 13.0. The van der Waals surface area contributed by atoms with Gasteiger partial charge in [-0.25, -0.2) is 17.3 Å². The van der Waals surface area contributed by atoms with Crippen LogP contribution in [-0.4, -0.2) is 63.6 Å². The summed E-state index contributed by atoms with van der Waals surface area (Å²) in [6, 6.07) is 5.60. The summed E-state index contributed by atoms with van der Waals surface area (Å²) in [4.78, 5) is 36.0. The average molecular weight is 490 g/mol. The van der Waals surface area contributed by atoms with E-state index in [4.69, 9.17) is 13.6 Å². The van der Waals surface area contributed by atoms with Crippen LogP contribution in [-0.2, 0) is 42.5 Å². The molecule has 0 bridgehead atoms. The molecule has 1 N–H and O–H groups in total. The Kier molecular flexibility index (Phi) is 6.78. The fourth-order valence-corrected chi connectivity index (χ4v) is 6.15. The Bertz CT molecular complexity index is 1090. The standard InChI is InChI=1S/C18H23N2O10PS/c1-18(2)10-28-31(24,30-15(18)16(22)19-9-8-14(21)27-3)29-11-20-17(23)12-6-4-5-7-13(12)32(20,25)26/h4-7,15H,8-11H2,1-3H3,(H,19,22)/t15-,31+/m0/s1. The molecule has 0 aliphatic carbocycles. The first-order valence-electron chi connectivity index (χ1n) is 9.49. The van der Waals surface area contributed by atoms with Crippen LogP contribution in [0.2, 0.25) is 0 Å². The number of ether oxygens (including phenoxy) is 1. The number of phosphoric acid groups is 1. The van der Waals surface area contributed by atoms with Crippen molar-refractivity contribution in [3.63, 3.8) is 0 Å². The van der Waals surface area contributed by atoms with Crippen LogP contribution in [0.5, 0.6) is 0 Å². The average Bonchev–Trinajstić information content (AvgIpc) is 2.94. The summed E-state index contributed by atoms with van der Waals surface area (Å²) in [7, 11) is -7.38. The number of amides is 2. The monoisotopic (exact) mass is 490 g/mol. The Hall–Kier alpha value is -2.31. The van der Waals surface area contributed by atoms with Crippen molar-refractivity contribution in [2.45, 2.75) is 31.3 Å². The molecule has 1 aromatic carbocycles. The molecule has 2 amide bonds. The van der Waals surface area contributed by atoms with Gasteiger partial charge in [0.25, 0.3) is 15.9 Å². The number of carbonyl (C=O) groups excluding carboxylic acids is 3. The zero-order valence-corrected chi connectivity index (χ0v) is 19.3. The van der Waals surface area contributed by atoms with Gasteiger partial charge in [-0.1, -0.05) is 26.0 Å². The van der Waals surface area contributed by atoms with Gasteiger partial charge < -0.3 is 10.1 Å². The van der Waals surface area contributed by atoms with Crippen LogP contribution in [0.3, 0.4) is 0 Å². The van der Waals surface area contributed by atoms with E-state index in [1.807, 2.05) is 0 Å². The van der Waals surface area contributed by atoms with Crippen molar-refractivity contribution in [1.82, 2.24) is 9.62 Å². The number of hydrogen-bond acceptors (Lipinski definition) is 10. The van der Waals surface area contributed by atoms with Crippen LogP contribution < -0.4 is 5.32 Å². The van der Waals surface area contributed by atoms with Crippen molar-refractivity contribution in [1.29, 1.82) is 0 Å². The number of nitrogens with one attached hydrogen (secondary N) is 1. The highest BCUT2D eigenvalue weighted by atomic mass is 32.2. The van der Waals surface area contributed by atoms with Gasteiger partial charge in [0.2, 0.25) is 5.91 Å². The molecule has 0 saturated carbocycles. The summed E-state index contributed by atoms with van der Waals surface area (Å²) in [6.07, 6.45) is -1.36. The quantitative estimate of drug-likeness (QED) is 0.433. The number of sulfonamides is 1. The van der Waals surface area contributed by atoms with Crippen LogP contribution in [0.4, 0.5) is 0 Å². The van der Waals surface area contributed by atoms with Gasteiger partial charge in [-0.05, 0) is 12.1 Å². The molecule has 2 aliphatic rings. The molecule has 14 heteroatoms. The van der Waals surface area contributed by atoms with E-state index in [1.54, 1.807) is 13.8 Å². The predicted molar refractivity (Wildman–Crippen MR) is 108 cm³/mol. The molecule has 0 spiro atoms. The van der Waals surface area contributed by atoms with E-state index < -0.39 is 53.9 Å². The third-order valence-electron chi connectivity index (χ3n) is 4.88. The van der Waals surface area contributed by atoms with E-state index in [0.717, 1.165) is 0 Å². The molecule has 1 fully saturated rings. The molecule has 2 heterocycles. The van der Waals surface area contributed by atoms with E-state index >= 15 is 0 Å². The molecular weight excluding hydrogens is 467 g/mol. The molecule has 1 saturated heterocycles. The summed E-state index contributed by atoms with van der Waals surface area (Å²) >= 11 is 0. The van der Waals surface area contributed by atoms with Crippen molar-refractivity contribution in [2.75, 3.05) is 27.0 Å². The van der Waals surface area contributed by atoms with E-state index in [-0.39, 0.29) is 30.0 Å². The molecule has 12 nitrogen and oxygen atoms in total. The van der Waals surface area contributed by atoms with Crippen molar-refractivity contribution < 1.29 is 45.7 Å². The fourth-order valence-electron chi connectivity index (χ4n) is 3.06. The number of rotatable bonds is 7. The second-order valence-corrected chi connectivity index (χ2v) is 11.2. The first-order chi connectivity index (χ1) is 14.9. The molecule has 1 aromatic rings. The Labute approximate surface area is 184 Å². The Morgan fingerprint density at radius 3 is 2.66 bits per heavy atom. The number of fused-ring (bicyclic) bond motifs is 1. The Balaban J connectivity index is 1.68. The number of benzene rings is 1. The lowest BCUT2D eigenvalue weighted by Crippen LogP contribution is -2.50. The minimum Gasteiger partial charge on any atom is -0.469 e.